The van der Waals surface area contributed by atoms with Gasteiger partial charge in [-0.3, -0.25) is 0 Å². The zero-order valence-corrected chi connectivity index (χ0v) is 10.5. The van der Waals surface area contributed by atoms with Crippen LogP contribution in [0.1, 0.15) is 41.5 Å². The first kappa shape index (κ1) is 12.0. The van der Waals surface area contributed by atoms with Gasteiger partial charge in [-0.2, -0.15) is 0 Å². The second kappa shape index (κ2) is 3.82. The van der Waals surface area contributed by atoms with Crippen molar-refractivity contribution >= 4 is 0 Å². The van der Waals surface area contributed by atoms with Crippen molar-refractivity contribution in [3.05, 3.63) is 0 Å². The van der Waals surface area contributed by atoms with E-state index >= 15 is 0 Å². The van der Waals surface area contributed by atoms with E-state index in [1.807, 2.05) is 0 Å². The molecule has 0 aromatic rings. The minimum absolute atomic E-state index is 0.0166. The molecule has 0 spiro atoms. The molecule has 1 aliphatic rings. The summed E-state index contributed by atoms with van der Waals surface area (Å²) >= 11 is 0. The van der Waals surface area contributed by atoms with Crippen molar-refractivity contribution in [1.82, 2.24) is 5.32 Å². The SMILES string of the molecule is CC(C)C1(C)CNCC(C)(C(C)C)O1. The lowest BCUT2D eigenvalue weighted by Crippen LogP contribution is -2.61. The molecule has 1 fully saturated rings. The number of hydrogen-bond acceptors (Lipinski definition) is 2. The van der Waals surface area contributed by atoms with E-state index in [1.54, 1.807) is 0 Å². The van der Waals surface area contributed by atoms with E-state index < -0.39 is 0 Å². The highest BCUT2D eigenvalue weighted by Gasteiger charge is 2.43. The van der Waals surface area contributed by atoms with E-state index in [1.165, 1.54) is 0 Å². The largest absolute Gasteiger partial charge is 0.366 e. The molecule has 14 heavy (non-hydrogen) atoms. The summed E-state index contributed by atoms with van der Waals surface area (Å²) in [6.07, 6.45) is 0. The molecule has 0 bridgehead atoms. The van der Waals surface area contributed by atoms with Crippen molar-refractivity contribution in [1.29, 1.82) is 0 Å². The van der Waals surface area contributed by atoms with Crippen molar-refractivity contribution in [2.75, 3.05) is 13.1 Å². The molecule has 0 aliphatic carbocycles. The summed E-state index contributed by atoms with van der Waals surface area (Å²) in [7, 11) is 0. The van der Waals surface area contributed by atoms with Gasteiger partial charge >= 0.3 is 0 Å². The van der Waals surface area contributed by atoms with Gasteiger partial charge in [0.1, 0.15) is 0 Å². The first-order chi connectivity index (χ1) is 6.30. The minimum Gasteiger partial charge on any atom is -0.366 e. The van der Waals surface area contributed by atoms with Gasteiger partial charge in [0.2, 0.25) is 0 Å². The van der Waals surface area contributed by atoms with Gasteiger partial charge in [-0.15, -0.1) is 0 Å². The Morgan fingerprint density at radius 3 is 1.57 bits per heavy atom. The second-order valence-corrected chi connectivity index (χ2v) is 5.64. The summed E-state index contributed by atoms with van der Waals surface area (Å²) in [6, 6.07) is 0. The fourth-order valence-electron chi connectivity index (χ4n) is 1.81. The van der Waals surface area contributed by atoms with Crippen LogP contribution < -0.4 is 5.32 Å². The average Bonchev–Trinajstić information content (AvgIpc) is 2.03. The Balaban J connectivity index is 2.78. The normalized spacial score (nSPS) is 39.4. The zero-order chi connectivity index (χ0) is 11.0. The van der Waals surface area contributed by atoms with Gasteiger partial charge in [-0.1, -0.05) is 27.7 Å². The topological polar surface area (TPSA) is 21.3 Å². The molecule has 1 aliphatic heterocycles. The van der Waals surface area contributed by atoms with Gasteiger partial charge in [0, 0.05) is 13.1 Å². The van der Waals surface area contributed by atoms with Gasteiger partial charge in [0.15, 0.2) is 0 Å². The number of rotatable bonds is 2. The van der Waals surface area contributed by atoms with Crippen LogP contribution in [0.2, 0.25) is 0 Å². The third-order valence-corrected chi connectivity index (χ3v) is 3.86. The molecule has 1 heterocycles. The first-order valence-electron chi connectivity index (χ1n) is 5.71. The average molecular weight is 199 g/mol. The molecular weight excluding hydrogens is 174 g/mol. The molecule has 2 nitrogen and oxygen atoms in total. The highest BCUT2D eigenvalue weighted by molar-refractivity contribution is 4.95. The maximum Gasteiger partial charge on any atom is 0.0809 e. The lowest BCUT2D eigenvalue weighted by Gasteiger charge is -2.49. The summed E-state index contributed by atoms with van der Waals surface area (Å²) in [4.78, 5) is 0. The Morgan fingerprint density at radius 1 is 0.929 bits per heavy atom. The number of nitrogens with one attached hydrogen (secondary N) is 1. The van der Waals surface area contributed by atoms with Crippen molar-refractivity contribution in [2.24, 2.45) is 11.8 Å². The minimum atomic E-state index is -0.0166. The fraction of sp³-hybridized carbons (Fsp3) is 1.00. The Bertz CT molecular complexity index is 182. The molecule has 0 amide bonds. The highest BCUT2D eigenvalue weighted by Crippen LogP contribution is 2.34. The molecule has 0 saturated carbocycles. The van der Waals surface area contributed by atoms with Crippen LogP contribution in [-0.2, 0) is 4.74 Å². The maximum absolute atomic E-state index is 6.32. The number of hydrogen-bond donors (Lipinski definition) is 1. The van der Waals surface area contributed by atoms with Crippen molar-refractivity contribution in [3.8, 4) is 0 Å². The molecule has 2 unspecified atom stereocenters. The molecule has 2 heteroatoms. The monoisotopic (exact) mass is 199 g/mol. The van der Waals surface area contributed by atoms with Crippen molar-refractivity contribution in [2.45, 2.75) is 52.7 Å². The molecule has 1 N–H and O–H groups in total. The van der Waals surface area contributed by atoms with E-state index in [4.69, 9.17) is 4.74 Å². The summed E-state index contributed by atoms with van der Waals surface area (Å²) in [5.41, 5.74) is -0.0332. The standard InChI is InChI=1S/C12H25NO/c1-9(2)11(5)7-13-8-12(6,14-11)10(3)4/h9-10,13H,7-8H2,1-6H3. The summed E-state index contributed by atoms with van der Waals surface area (Å²) in [5.74, 6) is 1.10. The van der Waals surface area contributed by atoms with Gasteiger partial charge in [0.25, 0.3) is 0 Å². The second-order valence-electron chi connectivity index (χ2n) is 5.64. The van der Waals surface area contributed by atoms with E-state index in [9.17, 15) is 0 Å². The van der Waals surface area contributed by atoms with Crippen molar-refractivity contribution < 1.29 is 4.74 Å². The van der Waals surface area contributed by atoms with E-state index in [2.05, 4.69) is 46.9 Å². The first-order valence-corrected chi connectivity index (χ1v) is 5.71. The van der Waals surface area contributed by atoms with Crippen molar-refractivity contribution in [3.63, 3.8) is 0 Å². The van der Waals surface area contributed by atoms with Gasteiger partial charge < -0.3 is 10.1 Å². The predicted octanol–water partition coefficient (Wildman–Crippen LogP) is 2.44. The lowest BCUT2D eigenvalue weighted by molar-refractivity contribution is -0.198. The summed E-state index contributed by atoms with van der Waals surface area (Å²) in [6.45, 7) is 15.3. The molecule has 84 valence electrons. The predicted molar refractivity (Wildman–Crippen MR) is 60.4 cm³/mol. The Morgan fingerprint density at radius 2 is 1.29 bits per heavy atom. The quantitative estimate of drug-likeness (QED) is 0.737. The summed E-state index contributed by atoms with van der Waals surface area (Å²) in [5, 5.41) is 3.50. The lowest BCUT2D eigenvalue weighted by atomic mass is 9.84. The molecule has 2 atom stereocenters. The molecule has 1 saturated heterocycles. The number of morpholine rings is 1. The Labute approximate surface area is 88.4 Å². The van der Waals surface area contributed by atoms with Crippen LogP contribution in [0.4, 0.5) is 0 Å². The molecule has 0 aromatic carbocycles. The molecular formula is C12H25NO. The smallest absolute Gasteiger partial charge is 0.0809 e. The molecule has 0 radical (unpaired) electrons. The van der Waals surface area contributed by atoms with Crippen LogP contribution in [0.25, 0.3) is 0 Å². The van der Waals surface area contributed by atoms with Crippen LogP contribution in [0.5, 0.6) is 0 Å². The van der Waals surface area contributed by atoms with E-state index in [0.29, 0.717) is 11.8 Å². The maximum atomic E-state index is 6.32. The van der Waals surface area contributed by atoms with E-state index in [0.717, 1.165) is 13.1 Å². The van der Waals surface area contributed by atoms with Crippen LogP contribution in [-0.4, -0.2) is 24.3 Å². The fourth-order valence-corrected chi connectivity index (χ4v) is 1.81. The summed E-state index contributed by atoms with van der Waals surface area (Å²) < 4.78 is 6.32. The Kier molecular flexibility index (Phi) is 3.27. The third kappa shape index (κ3) is 2.12. The number of ether oxygens (including phenoxy) is 1. The zero-order valence-electron chi connectivity index (χ0n) is 10.5. The van der Waals surface area contributed by atoms with Crippen LogP contribution in [0, 0.1) is 11.8 Å². The van der Waals surface area contributed by atoms with Crippen LogP contribution in [0.3, 0.4) is 0 Å². The van der Waals surface area contributed by atoms with Crippen LogP contribution in [0.15, 0.2) is 0 Å². The molecule has 1 rings (SSSR count). The highest BCUT2D eigenvalue weighted by atomic mass is 16.5. The third-order valence-electron chi connectivity index (χ3n) is 3.86. The van der Waals surface area contributed by atoms with Gasteiger partial charge in [-0.25, -0.2) is 0 Å². The van der Waals surface area contributed by atoms with Gasteiger partial charge in [-0.05, 0) is 25.7 Å². The Hall–Kier alpha value is -0.0800. The van der Waals surface area contributed by atoms with Crippen LogP contribution >= 0.6 is 0 Å². The molecule has 0 aromatic heterocycles. The van der Waals surface area contributed by atoms with Gasteiger partial charge in [0.05, 0.1) is 11.2 Å². The van der Waals surface area contributed by atoms with E-state index in [-0.39, 0.29) is 11.2 Å².